The van der Waals surface area contributed by atoms with E-state index in [4.69, 9.17) is 18.6 Å². The van der Waals surface area contributed by atoms with Crippen LogP contribution in [-0.2, 0) is 9.53 Å². The summed E-state index contributed by atoms with van der Waals surface area (Å²) in [6.45, 7) is 4.80. The highest BCUT2D eigenvalue weighted by Gasteiger charge is 2.25. The number of hydrogen-bond donors (Lipinski definition) is 0. The van der Waals surface area contributed by atoms with E-state index in [-0.39, 0.29) is 11.6 Å². The first kappa shape index (κ1) is 20.9. The number of benzene rings is 2. The maximum atomic E-state index is 12.3. The fourth-order valence-corrected chi connectivity index (χ4v) is 3.32. The molecule has 158 valence electrons. The Kier molecular flexibility index (Phi) is 6.23. The monoisotopic (exact) mass is 481 g/mol. The third-order valence-electron chi connectivity index (χ3n) is 4.45. The first-order valence-electron chi connectivity index (χ1n) is 9.85. The molecule has 0 unspecified atom stereocenters. The standard InChI is InChI=1S/C24H20BrNO5/c1-3-28-21-11-7-16(13-22(21)29-4-2)23-26-19(24(27)31-23)14-18-10-12-20(30-18)15-5-8-17(25)9-6-15/h5-14H,3-4H2,1-2H3/b19-14-. The molecular weight excluding hydrogens is 462 g/mol. The van der Waals surface area contributed by atoms with Crippen LogP contribution in [0.4, 0.5) is 0 Å². The molecule has 0 fully saturated rings. The van der Waals surface area contributed by atoms with Gasteiger partial charge in [0.05, 0.1) is 13.2 Å². The average Bonchev–Trinajstić information content (AvgIpc) is 3.37. The molecule has 1 aliphatic rings. The Labute approximate surface area is 188 Å². The van der Waals surface area contributed by atoms with E-state index in [1.54, 1.807) is 30.3 Å². The van der Waals surface area contributed by atoms with Crippen LogP contribution < -0.4 is 9.47 Å². The first-order chi connectivity index (χ1) is 15.1. The van der Waals surface area contributed by atoms with Crippen molar-refractivity contribution < 1.29 is 23.4 Å². The second-order valence-electron chi connectivity index (χ2n) is 6.57. The first-order valence-corrected chi connectivity index (χ1v) is 10.6. The van der Waals surface area contributed by atoms with Gasteiger partial charge in [-0.15, -0.1) is 0 Å². The summed E-state index contributed by atoms with van der Waals surface area (Å²) in [4.78, 5) is 16.7. The predicted molar refractivity (Wildman–Crippen MR) is 121 cm³/mol. The molecule has 0 bridgehead atoms. The fourth-order valence-electron chi connectivity index (χ4n) is 3.05. The highest BCUT2D eigenvalue weighted by atomic mass is 79.9. The van der Waals surface area contributed by atoms with Gasteiger partial charge in [0.25, 0.3) is 0 Å². The summed E-state index contributed by atoms with van der Waals surface area (Å²) in [7, 11) is 0. The molecular formula is C24H20BrNO5. The lowest BCUT2D eigenvalue weighted by Crippen LogP contribution is -2.06. The summed E-state index contributed by atoms with van der Waals surface area (Å²) >= 11 is 3.42. The number of hydrogen-bond acceptors (Lipinski definition) is 6. The maximum absolute atomic E-state index is 12.3. The van der Waals surface area contributed by atoms with Crippen molar-refractivity contribution in [2.45, 2.75) is 13.8 Å². The van der Waals surface area contributed by atoms with Gasteiger partial charge in [-0.2, -0.15) is 0 Å². The molecule has 0 saturated carbocycles. The number of esters is 1. The van der Waals surface area contributed by atoms with Crippen molar-refractivity contribution in [1.29, 1.82) is 0 Å². The molecule has 2 aromatic carbocycles. The molecule has 0 spiro atoms. The molecule has 0 saturated heterocycles. The van der Waals surface area contributed by atoms with E-state index in [1.807, 2.05) is 44.2 Å². The second kappa shape index (κ2) is 9.22. The van der Waals surface area contributed by atoms with Gasteiger partial charge in [-0.1, -0.05) is 28.1 Å². The third-order valence-corrected chi connectivity index (χ3v) is 4.97. The Hall–Kier alpha value is -3.32. The van der Waals surface area contributed by atoms with Crippen molar-refractivity contribution in [1.82, 2.24) is 0 Å². The smallest absolute Gasteiger partial charge is 0.363 e. The van der Waals surface area contributed by atoms with Crippen molar-refractivity contribution in [2.24, 2.45) is 4.99 Å². The summed E-state index contributed by atoms with van der Waals surface area (Å²) in [6.07, 6.45) is 1.57. The lowest BCUT2D eigenvalue weighted by Gasteiger charge is -2.11. The van der Waals surface area contributed by atoms with Gasteiger partial charge in [0.2, 0.25) is 5.90 Å². The topological polar surface area (TPSA) is 70.3 Å². The lowest BCUT2D eigenvalue weighted by atomic mass is 10.2. The molecule has 1 aliphatic heterocycles. The molecule has 0 aliphatic carbocycles. The van der Waals surface area contributed by atoms with E-state index in [1.165, 1.54) is 0 Å². The molecule has 6 nitrogen and oxygen atoms in total. The number of furan rings is 1. The van der Waals surface area contributed by atoms with Crippen molar-refractivity contribution >= 4 is 33.9 Å². The Bertz CT molecular complexity index is 1160. The second-order valence-corrected chi connectivity index (χ2v) is 7.49. The Morgan fingerprint density at radius 2 is 1.65 bits per heavy atom. The summed E-state index contributed by atoms with van der Waals surface area (Å²) in [5, 5.41) is 0. The highest BCUT2D eigenvalue weighted by molar-refractivity contribution is 9.10. The van der Waals surface area contributed by atoms with E-state index >= 15 is 0 Å². The van der Waals surface area contributed by atoms with Crippen molar-refractivity contribution in [2.75, 3.05) is 13.2 Å². The normalized spacial score (nSPS) is 14.5. The molecule has 31 heavy (non-hydrogen) atoms. The summed E-state index contributed by atoms with van der Waals surface area (Å²) in [5.74, 6) is 2.08. The molecule has 0 radical (unpaired) electrons. The summed E-state index contributed by atoms with van der Waals surface area (Å²) in [6, 6.07) is 16.7. The van der Waals surface area contributed by atoms with Crippen LogP contribution in [0, 0.1) is 0 Å². The van der Waals surface area contributed by atoms with Gasteiger partial charge in [0, 0.05) is 21.7 Å². The van der Waals surface area contributed by atoms with E-state index in [0.29, 0.717) is 41.8 Å². The Morgan fingerprint density at radius 1 is 0.935 bits per heavy atom. The molecule has 3 aromatic rings. The number of aliphatic imine (C=N–C) groups is 1. The van der Waals surface area contributed by atoms with E-state index < -0.39 is 5.97 Å². The number of cyclic esters (lactones) is 1. The van der Waals surface area contributed by atoms with Crippen LogP contribution in [0.1, 0.15) is 25.2 Å². The number of ether oxygens (including phenoxy) is 3. The zero-order valence-corrected chi connectivity index (χ0v) is 18.6. The van der Waals surface area contributed by atoms with Gasteiger partial charge in [0.15, 0.2) is 17.2 Å². The Morgan fingerprint density at radius 3 is 2.39 bits per heavy atom. The number of halogens is 1. The number of carbonyl (C=O) groups is 1. The molecule has 1 aromatic heterocycles. The van der Waals surface area contributed by atoms with Gasteiger partial charge in [0.1, 0.15) is 11.5 Å². The number of rotatable bonds is 7. The number of nitrogens with zero attached hydrogens (tertiary/aromatic N) is 1. The van der Waals surface area contributed by atoms with Gasteiger partial charge < -0.3 is 18.6 Å². The molecule has 0 N–H and O–H groups in total. The van der Waals surface area contributed by atoms with E-state index in [9.17, 15) is 4.79 Å². The van der Waals surface area contributed by atoms with Crippen LogP contribution in [0.3, 0.4) is 0 Å². The van der Waals surface area contributed by atoms with Crippen molar-refractivity contribution in [3.63, 3.8) is 0 Å². The fraction of sp³-hybridized carbons (Fsp3) is 0.167. The third kappa shape index (κ3) is 4.72. The summed E-state index contributed by atoms with van der Waals surface area (Å²) in [5.41, 5.74) is 1.72. The highest BCUT2D eigenvalue weighted by Crippen LogP contribution is 2.31. The molecule has 7 heteroatoms. The summed E-state index contributed by atoms with van der Waals surface area (Å²) < 4.78 is 23.4. The largest absolute Gasteiger partial charge is 0.490 e. The minimum atomic E-state index is -0.538. The van der Waals surface area contributed by atoms with Crippen LogP contribution in [0.2, 0.25) is 0 Å². The predicted octanol–water partition coefficient (Wildman–Crippen LogP) is 5.85. The van der Waals surface area contributed by atoms with Gasteiger partial charge in [-0.25, -0.2) is 9.79 Å². The van der Waals surface area contributed by atoms with Crippen molar-refractivity contribution in [3.05, 3.63) is 76.1 Å². The quantitative estimate of drug-likeness (QED) is 0.312. The van der Waals surface area contributed by atoms with Crippen LogP contribution in [0.5, 0.6) is 11.5 Å². The van der Waals surface area contributed by atoms with Crippen LogP contribution in [0.15, 0.2) is 74.2 Å². The van der Waals surface area contributed by atoms with Gasteiger partial charge >= 0.3 is 5.97 Å². The Balaban J connectivity index is 1.59. The van der Waals surface area contributed by atoms with Crippen LogP contribution in [-0.4, -0.2) is 25.1 Å². The van der Waals surface area contributed by atoms with Crippen LogP contribution >= 0.6 is 15.9 Å². The van der Waals surface area contributed by atoms with E-state index in [2.05, 4.69) is 20.9 Å². The number of carbonyl (C=O) groups excluding carboxylic acids is 1. The minimum absolute atomic E-state index is 0.165. The molecule has 0 amide bonds. The molecule has 2 heterocycles. The zero-order chi connectivity index (χ0) is 21.8. The SMILES string of the molecule is CCOc1ccc(C2=N/C(=C\c3ccc(-c4ccc(Br)cc4)o3)C(=O)O2)cc1OCC. The van der Waals surface area contributed by atoms with Crippen LogP contribution in [0.25, 0.3) is 17.4 Å². The lowest BCUT2D eigenvalue weighted by molar-refractivity contribution is -0.129. The average molecular weight is 482 g/mol. The van der Waals surface area contributed by atoms with Gasteiger partial charge in [-0.05, 0) is 56.3 Å². The zero-order valence-electron chi connectivity index (χ0n) is 17.1. The molecule has 0 atom stereocenters. The van der Waals surface area contributed by atoms with Gasteiger partial charge in [-0.3, -0.25) is 0 Å². The van der Waals surface area contributed by atoms with E-state index in [0.717, 1.165) is 10.0 Å². The van der Waals surface area contributed by atoms with Crippen molar-refractivity contribution in [3.8, 4) is 22.8 Å². The maximum Gasteiger partial charge on any atom is 0.363 e. The molecule has 4 rings (SSSR count). The minimum Gasteiger partial charge on any atom is -0.490 e.